The summed E-state index contributed by atoms with van der Waals surface area (Å²) in [6.07, 6.45) is 0. The average molecular weight is 232 g/mol. The number of nitrogens with two attached hydrogens (primary N) is 1. The smallest absolute Gasteiger partial charge is 0.343 e. The lowest BCUT2D eigenvalue weighted by molar-refractivity contribution is -0.142. The molecule has 0 radical (unpaired) electrons. The van der Waals surface area contributed by atoms with Crippen molar-refractivity contribution >= 4 is 18.4 Å². The summed E-state index contributed by atoms with van der Waals surface area (Å²) in [5.41, 5.74) is 6.45. The van der Waals surface area contributed by atoms with Crippen molar-refractivity contribution in [2.24, 2.45) is 5.73 Å². The standard InChI is InChI=1S/C10H13NO3.ClH/c1-13-10(12)7-14-9-4-2-8(6-11)3-5-9;/h2-5H,6-7,11H2,1H3;1H. The van der Waals surface area contributed by atoms with Crippen LogP contribution in [-0.4, -0.2) is 19.7 Å². The van der Waals surface area contributed by atoms with Gasteiger partial charge in [0.05, 0.1) is 7.11 Å². The second kappa shape index (κ2) is 7.09. The number of hydrogen-bond acceptors (Lipinski definition) is 4. The summed E-state index contributed by atoms with van der Waals surface area (Å²) < 4.78 is 9.58. The molecule has 0 spiro atoms. The van der Waals surface area contributed by atoms with Gasteiger partial charge >= 0.3 is 5.97 Å². The molecule has 0 unspecified atom stereocenters. The highest BCUT2D eigenvalue weighted by Crippen LogP contribution is 2.11. The van der Waals surface area contributed by atoms with Crippen molar-refractivity contribution in [1.29, 1.82) is 0 Å². The minimum atomic E-state index is -0.395. The number of esters is 1. The highest BCUT2D eigenvalue weighted by molar-refractivity contribution is 5.85. The molecule has 0 fully saturated rings. The molecule has 0 heterocycles. The molecule has 2 N–H and O–H groups in total. The third-order valence-electron chi connectivity index (χ3n) is 1.74. The summed E-state index contributed by atoms with van der Waals surface area (Å²) in [6.45, 7) is 0.426. The van der Waals surface area contributed by atoms with Crippen molar-refractivity contribution in [3.05, 3.63) is 29.8 Å². The minimum Gasteiger partial charge on any atom is -0.482 e. The predicted octanol–water partition coefficient (Wildman–Crippen LogP) is 1.12. The molecule has 4 nitrogen and oxygen atoms in total. The van der Waals surface area contributed by atoms with Crippen LogP contribution in [0.15, 0.2) is 24.3 Å². The van der Waals surface area contributed by atoms with Gasteiger partial charge in [-0.15, -0.1) is 12.4 Å². The van der Waals surface area contributed by atoms with Crippen LogP contribution in [0.4, 0.5) is 0 Å². The molecule has 15 heavy (non-hydrogen) atoms. The van der Waals surface area contributed by atoms with E-state index >= 15 is 0 Å². The highest BCUT2D eigenvalue weighted by Gasteiger charge is 2.00. The van der Waals surface area contributed by atoms with Gasteiger partial charge < -0.3 is 15.2 Å². The lowest BCUT2D eigenvalue weighted by atomic mass is 10.2. The number of carbonyl (C=O) groups is 1. The number of benzene rings is 1. The van der Waals surface area contributed by atoms with Crippen molar-refractivity contribution in [2.45, 2.75) is 6.54 Å². The maximum atomic E-state index is 10.7. The molecule has 0 bridgehead atoms. The Balaban J connectivity index is 0.00000196. The normalized spacial score (nSPS) is 8.93. The molecule has 5 heteroatoms. The van der Waals surface area contributed by atoms with Gasteiger partial charge in [-0.3, -0.25) is 0 Å². The van der Waals surface area contributed by atoms with E-state index in [2.05, 4.69) is 4.74 Å². The molecule has 0 amide bonds. The first-order valence-electron chi connectivity index (χ1n) is 4.25. The Morgan fingerprint density at radius 3 is 2.40 bits per heavy atom. The fourth-order valence-electron chi connectivity index (χ4n) is 0.923. The molecule has 0 aliphatic heterocycles. The fraction of sp³-hybridized carbons (Fsp3) is 0.300. The Labute approximate surface area is 94.8 Å². The first kappa shape index (κ1) is 13.7. The van der Waals surface area contributed by atoms with Crippen LogP contribution >= 0.6 is 12.4 Å². The number of hydrogen-bond donors (Lipinski definition) is 1. The molecular weight excluding hydrogens is 218 g/mol. The van der Waals surface area contributed by atoms with E-state index in [0.29, 0.717) is 12.3 Å². The van der Waals surface area contributed by atoms with Crippen molar-refractivity contribution < 1.29 is 14.3 Å². The van der Waals surface area contributed by atoms with E-state index in [1.54, 1.807) is 12.1 Å². The van der Waals surface area contributed by atoms with Crippen molar-refractivity contribution in [2.75, 3.05) is 13.7 Å². The molecule has 0 atom stereocenters. The van der Waals surface area contributed by atoms with E-state index < -0.39 is 5.97 Å². The van der Waals surface area contributed by atoms with Crippen LogP contribution in [0.3, 0.4) is 0 Å². The van der Waals surface area contributed by atoms with Crippen LogP contribution in [0, 0.1) is 0 Å². The van der Waals surface area contributed by atoms with Gasteiger partial charge in [-0.2, -0.15) is 0 Å². The van der Waals surface area contributed by atoms with E-state index in [4.69, 9.17) is 10.5 Å². The molecule has 84 valence electrons. The minimum absolute atomic E-state index is 0. The van der Waals surface area contributed by atoms with Crippen LogP contribution in [0.2, 0.25) is 0 Å². The third kappa shape index (κ3) is 4.67. The van der Waals surface area contributed by atoms with Gasteiger partial charge in [0, 0.05) is 6.54 Å². The Morgan fingerprint density at radius 2 is 1.93 bits per heavy atom. The van der Waals surface area contributed by atoms with Crippen LogP contribution in [0.1, 0.15) is 5.56 Å². The molecule has 1 aromatic carbocycles. The second-order valence-corrected chi connectivity index (χ2v) is 2.71. The monoisotopic (exact) mass is 231 g/mol. The molecule has 0 aliphatic carbocycles. The van der Waals surface area contributed by atoms with E-state index in [9.17, 15) is 4.79 Å². The number of methoxy groups -OCH3 is 1. The Hall–Kier alpha value is -1.26. The topological polar surface area (TPSA) is 61.5 Å². The molecule has 0 aliphatic rings. The largest absolute Gasteiger partial charge is 0.482 e. The summed E-state index contributed by atoms with van der Waals surface area (Å²) >= 11 is 0. The van der Waals surface area contributed by atoms with Gasteiger partial charge in [0.25, 0.3) is 0 Å². The molecule has 1 aromatic rings. The zero-order chi connectivity index (χ0) is 10.4. The van der Waals surface area contributed by atoms with E-state index in [1.165, 1.54) is 7.11 Å². The van der Waals surface area contributed by atoms with Crippen molar-refractivity contribution in [1.82, 2.24) is 0 Å². The first-order chi connectivity index (χ1) is 6.76. The number of ether oxygens (including phenoxy) is 2. The molecule has 0 aromatic heterocycles. The molecule has 1 rings (SSSR count). The number of rotatable bonds is 4. The number of carbonyl (C=O) groups excluding carboxylic acids is 1. The van der Waals surface area contributed by atoms with Gasteiger partial charge in [-0.05, 0) is 17.7 Å². The van der Waals surface area contributed by atoms with E-state index in [1.807, 2.05) is 12.1 Å². The molecular formula is C10H14ClNO3. The summed E-state index contributed by atoms with van der Waals surface area (Å²) in [7, 11) is 1.32. The van der Waals surface area contributed by atoms with Gasteiger partial charge in [-0.25, -0.2) is 4.79 Å². The number of halogens is 1. The molecule has 0 saturated carbocycles. The SMILES string of the molecule is COC(=O)COc1ccc(CN)cc1.Cl. The van der Waals surface area contributed by atoms with Crippen molar-refractivity contribution in [3.8, 4) is 5.75 Å². The van der Waals surface area contributed by atoms with E-state index in [-0.39, 0.29) is 19.0 Å². The lowest BCUT2D eigenvalue weighted by Crippen LogP contribution is -2.12. The Kier molecular flexibility index (Phi) is 6.49. The van der Waals surface area contributed by atoms with Crippen molar-refractivity contribution in [3.63, 3.8) is 0 Å². The molecule has 0 saturated heterocycles. The Morgan fingerprint density at radius 1 is 1.33 bits per heavy atom. The maximum absolute atomic E-state index is 10.7. The van der Waals surface area contributed by atoms with Crippen LogP contribution in [0.25, 0.3) is 0 Å². The second-order valence-electron chi connectivity index (χ2n) is 2.71. The van der Waals surface area contributed by atoms with Crippen LogP contribution in [-0.2, 0) is 16.1 Å². The first-order valence-corrected chi connectivity index (χ1v) is 4.25. The quantitative estimate of drug-likeness (QED) is 0.789. The zero-order valence-electron chi connectivity index (χ0n) is 8.43. The predicted molar refractivity (Wildman–Crippen MR) is 59.1 cm³/mol. The fourth-order valence-corrected chi connectivity index (χ4v) is 0.923. The van der Waals surface area contributed by atoms with Gasteiger partial charge in [0.1, 0.15) is 5.75 Å². The summed E-state index contributed by atoms with van der Waals surface area (Å²) in [4.78, 5) is 10.7. The third-order valence-corrected chi connectivity index (χ3v) is 1.74. The average Bonchev–Trinajstić information content (AvgIpc) is 2.26. The zero-order valence-corrected chi connectivity index (χ0v) is 9.25. The van der Waals surface area contributed by atoms with Gasteiger partial charge in [0.2, 0.25) is 0 Å². The van der Waals surface area contributed by atoms with Gasteiger partial charge in [-0.1, -0.05) is 12.1 Å². The highest BCUT2D eigenvalue weighted by atomic mass is 35.5. The van der Waals surface area contributed by atoms with Crippen LogP contribution < -0.4 is 10.5 Å². The van der Waals surface area contributed by atoms with Gasteiger partial charge in [0.15, 0.2) is 6.61 Å². The summed E-state index contributed by atoms with van der Waals surface area (Å²) in [5, 5.41) is 0. The lowest BCUT2D eigenvalue weighted by Gasteiger charge is -2.04. The van der Waals surface area contributed by atoms with Crippen LogP contribution in [0.5, 0.6) is 5.75 Å². The van der Waals surface area contributed by atoms with E-state index in [0.717, 1.165) is 5.56 Å². The Bertz CT molecular complexity index is 300. The maximum Gasteiger partial charge on any atom is 0.343 e. The summed E-state index contributed by atoms with van der Waals surface area (Å²) in [5.74, 6) is 0.237. The summed E-state index contributed by atoms with van der Waals surface area (Å²) in [6, 6.07) is 7.25.